The molecule has 0 unspecified atom stereocenters. The van der Waals surface area contributed by atoms with Crippen LogP contribution in [0.2, 0.25) is 0 Å². The molecule has 1 atom stereocenters. The summed E-state index contributed by atoms with van der Waals surface area (Å²) in [5.74, 6) is 1.51. The highest BCUT2D eigenvalue weighted by Crippen LogP contribution is 2.39. The minimum atomic E-state index is 0.0125. The summed E-state index contributed by atoms with van der Waals surface area (Å²) in [7, 11) is 5.08. The van der Waals surface area contributed by atoms with Crippen molar-refractivity contribution in [1.29, 1.82) is 0 Å². The maximum absolute atomic E-state index is 12.8. The van der Waals surface area contributed by atoms with Crippen LogP contribution in [0.15, 0.2) is 30.6 Å². The molecule has 23 heavy (non-hydrogen) atoms. The highest BCUT2D eigenvalue weighted by Gasteiger charge is 2.33. The molecule has 3 rings (SSSR count). The van der Waals surface area contributed by atoms with Gasteiger partial charge in [0.25, 0.3) is 5.91 Å². The summed E-state index contributed by atoms with van der Waals surface area (Å²) >= 11 is 0. The van der Waals surface area contributed by atoms with Gasteiger partial charge in [-0.15, -0.1) is 0 Å². The molecule has 122 valence electrons. The van der Waals surface area contributed by atoms with Gasteiger partial charge in [-0.25, -0.2) is 0 Å². The van der Waals surface area contributed by atoms with Crippen molar-refractivity contribution in [1.82, 2.24) is 14.7 Å². The number of likely N-dealkylation sites (tertiary alicyclic amines) is 1. The van der Waals surface area contributed by atoms with Gasteiger partial charge in [0, 0.05) is 31.4 Å². The number of aromatic nitrogens is 2. The highest BCUT2D eigenvalue weighted by atomic mass is 16.5. The molecular weight excluding hydrogens is 294 g/mol. The molecule has 2 heterocycles. The highest BCUT2D eigenvalue weighted by molar-refractivity contribution is 5.94. The summed E-state index contributed by atoms with van der Waals surface area (Å²) in [6.07, 6.45) is 5.27. The van der Waals surface area contributed by atoms with Gasteiger partial charge in [-0.1, -0.05) is 0 Å². The number of benzene rings is 1. The number of nitrogens with zero attached hydrogens (tertiary/aromatic N) is 3. The van der Waals surface area contributed by atoms with Crippen LogP contribution in [0.4, 0.5) is 0 Å². The predicted molar refractivity (Wildman–Crippen MR) is 85.8 cm³/mol. The number of hydrogen-bond donors (Lipinski definition) is 0. The topological polar surface area (TPSA) is 56.6 Å². The average Bonchev–Trinajstić information content (AvgIpc) is 3.22. The van der Waals surface area contributed by atoms with Crippen molar-refractivity contribution in [2.24, 2.45) is 7.05 Å². The van der Waals surface area contributed by atoms with E-state index in [1.54, 1.807) is 31.3 Å². The third-order valence-electron chi connectivity index (χ3n) is 4.27. The fourth-order valence-corrected chi connectivity index (χ4v) is 3.12. The largest absolute Gasteiger partial charge is 0.497 e. The zero-order valence-electron chi connectivity index (χ0n) is 13.7. The molecular formula is C17H21N3O3. The van der Waals surface area contributed by atoms with Gasteiger partial charge in [-0.05, 0) is 25.0 Å². The molecule has 2 aromatic rings. The summed E-state index contributed by atoms with van der Waals surface area (Å²) in [6, 6.07) is 5.77. The fraction of sp³-hybridized carbons (Fsp3) is 0.412. The van der Waals surface area contributed by atoms with Crippen LogP contribution < -0.4 is 9.47 Å². The lowest BCUT2D eigenvalue weighted by Gasteiger charge is -2.26. The van der Waals surface area contributed by atoms with E-state index in [2.05, 4.69) is 5.10 Å². The molecule has 1 aliphatic heterocycles. The second-order valence-electron chi connectivity index (χ2n) is 5.67. The minimum absolute atomic E-state index is 0.0125. The Bertz CT molecular complexity index is 711. The Kier molecular flexibility index (Phi) is 4.23. The van der Waals surface area contributed by atoms with E-state index in [4.69, 9.17) is 9.47 Å². The van der Waals surface area contributed by atoms with Gasteiger partial charge < -0.3 is 14.4 Å². The SMILES string of the molecule is COc1ccc([C@H]2CCCN2C(=O)c2cnn(C)c2)c(OC)c1. The van der Waals surface area contributed by atoms with Crippen LogP contribution in [0, 0.1) is 0 Å². The van der Waals surface area contributed by atoms with Crippen molar-refractivity contribution in [3.63, 3.8) is 0 Å². The van der Waals surface area contributed by atoms with Gasteiger partial charge in [0.05, 0.1) is 32.0 Å². The van der Waals surface area contributed by atoms with Crippen LogP contribution in [0.5, 0.6) is 11.5 Å². The molecule has 0 aliphatic carbocycles. The Morgan fingerprint density at radius 1 is 1.30 bits per heavy atom. The fourth-order valence-electron chi connectivity index (χ4n) is 3.12. The maximum atomic E-state index is 12.8. The van der Waals surface area contributed by atoms with E-state index < -0.39 is 0 Å². The predicted octanol–water partition coefficient (Wildman–Crippen LogP) is 2.41. The Labute approximate surface area is 135 Å². The lowest BCUT2D eigenvalue weighted by Crippen LogP contribution is -2.30. The zero-order chi connectivity index (χ0) is 16.4. The van der Waals surface area contributed by atoms with E-state index in [9.17, 15) is 4.79 Å². The van der Waals surface area contributed by atoms with Crippen LogP contribution >= 0.6 is 0 Å². The molecule has 1 fully saturated rings. The van der Waals surface area contributed by atoms with Crippen molar-refractivity contribution in [3.05, 3.63) is 41.7 Å². The van der Waals surface area contributed by atoms with E-state index in [1.807, 2.05) is 30.1 Å². The third-order valence-corrected chi connectivity index (χ3v) is 4.27. The monoisotopic (exact) mass is 315 g/mol. The summed E-state index contributed by atoms with van der Waals surface area (Å²) in [5.41, 5.74) is 1.63. The maximum Gasteiger partial charge on any atom is 0.257 e. The first kappa shape index (κ1) is 15.4. The van der Waals surface area contributed by atoms with Crippen LogP contribution in [0.1, 0.15) is 34.8 Å². The van der Waals surface area contributed by atoms with Crippen molar-refractivity contribution in [2.45, 2.75) is 18.9 Å². The first-order valence-corrected chi connectivity index (χ1v) is 7.65. The second-order valence-corrected chi connectivity index (χ2v) is 5.67. The average molecular weight is 315 g/mol. The van der Waals surface area contributed by atoms with E-state index in [1.165, 1.54) is 0 Å². The van der Waals surface area contributed by atoms with E-state index >= 15 is 0 Å². The normalized spacial score (nSPS) is 17.3. The number of carbonyl (C=O) groups is 1. The standard InChI is InChI=1S/C17H21N3O3/c1-19-11-12(10-18-19)17(21)20-8-4-5-15(20)14-7-6-13(22-2)9-16(14)23-3/h6-7,9-11,15H,4-5,8H2,1-3H3/t15-/m1/s1. The number of methoxy groups -OCH3 is 2. The summed E-state index contributed by atoms with van der Waals surface area (Å²) in [4.78, 5) is 14.7. The number of carbonyl (C=O) groups excluding carboxylic acids is 1. The summed E-state index contributed by atoms with van der Waals surface area (Å²) in [6.45, 7) is 0.744. The molecule has 1 amide bonds. The third kappa shape index (κ3) is 2.88. The minimum Gasteiger partial charge on any atom is -0.497 e. The zero-order valence-corrected chi connectivity index (χ0v) is 13.7. The van der Waals surface area contributed by atoms with Gasteiger partial charge >= 0.3 is 0 Å². The number of rotatable bonds is 4. The van der Waals surface area contributed by atoms with Crippen LogP contribution in [0.3, 0.4) is 0 Å². The Balaban J connectivity index is 1.91. The quantitative estimate of drug-likeness (QED) is 0.869. The van der Waals surface area contributed by atoms with Crippen molar-refractivity contribution < 1.29 is 14.3 Å². The molecule has 6 nitrogen and oxygen atoms in total. The van der Waals surface area contributed by atoms with Crippen LogP contribution in [0.25, 0.3) is 0 Å². The molecule has 1 aliphatic rings. The first-order valence-electron chi connectivity index (χ1n) is 7.65. The first-order chi connectivity index (χ1) is 11.1. The molecule has 0 spiro atoms. The number of ether oxygens (including phenoxy) is 2. The van der Waals surface area contributed by atoms with Gasteiger partial charge in [-0.2, -0.15) is 5.10 Å². The molecule has 0 N–H and O–H groups in total. The number of hydrogen-bond acceptors (Lipinski definition) is 4. The van der Waals surface area contributed by atoms with Crippen LogP contribution in [-0.4, -0.2) is 41.4 Å². The molecule has 1 saturated heterocycles. The van der Waals surface area contributed by atoms with Gasteiger partial charge in [-0.3, -0.25) is 9.48 Å². The molecule has 0 radical (unpaired) electrons. The molecule has 1 aromatic heterocycles. The smallest absolute Gasteiger partial charge is 0.257 e. The van der Waals surface area contributed by atoms with E-state index in [0.717, 1.165) is 36.4 Å². The molecule has 6 heteroatoms. The molecule has 1 aromatic carbocycles. The number of aryl methyl sites for hydroxylation is 1. The van der Waals surface area contributed by atoms with Gasteiger partial charge in [0.1, 0.15) is 11.5 Å². The summed E-state index contributed by atoms with van der Waals surface area (Å²) in [5, 5.41) is 4.09. The summed E-state index contributed by atoms with van der Waals surface area (Å²) < 4.78 is 12.4. The van der Waals surface area contributed by atoms with Crippen LogP contribution in [-0.2, 0) is 7.05 Å². The Morgan fingerprint density at radius 2 is 2.13 bits per heavy atom. The van der Waals surface area contributed by atoms with Crippen molar-refractivity contribution >= 4 is 5.91 Å². The Morgan fingerprint density at radius 3 is 2.78 bits per heavy atom. The lowest BCUT2D eigenvalue weighted by molar-refractivity contribution is 0.0734. The molecule has 0 saturated carbocycles. The van der Waals surface area contributed by atoms with Crippen molar-refractivity contribution in [3.8, 4) is 11.5 Å². The van der Waals surface area contributed by atoms with Gasteiger partial charge in [0.15, 0.2) is 0 Å². The lowest BCUT2D eigenvalue weighted by atomic mass is 10.0. The van der Waals surface area contributed by atoms with Gasteiger partial charge in [0.2, 0.25) is 0 Å². The van der Waals surface area contributed by atoms with Crippen molar-refractivity contribution in [2.75, 3.05) is 20.8 Å². The Hall–Kier alpha value is -2.50. The number of amides is 1. The second kappa shape index (κ2) is 6.32. The van der Waals surface area contributed by atoms with E-state index in [0.29, 0.717) is 5.56 Å². The molecule has 0 bridgehead atoms. The van der Waals surface area contributed by atoms with E-state index in [-0.39, 0.29) is 11.9 Å².